The second kappa shape index (κ2) is 7.56. The molecular weight excluding hydrogens is 236 g/mol. The highest BCUT2D eigenvalue weighted by molar-refractivity contribution is 6.99. The maximum atomic E-state index is 11.4. The number of carbonyl (C=O) groups excluding carboxylic acids is 1. The van der Waals surface area contributed by atoms with Crippen molar-refractivity contribution < 1.29 is 4.79 Å². The van der Waals surface area contributed by atoms with E-state index in [1.807, 2.05) is 13.8 Å². The molecular formula is C8H15ClN4OS. The van der Waals surface area contributed by atoms with Gasteiger partial charge in [0.1, 0.15) is 0 Å². The van der Waals surface area contributed by atoms with E-state index in [0.717, 1.165) is 18.3 Å². The quantitative estimate of drug-likeness (QED) is 0.807. The molecule has 0 bridgehead atoms. The van der Waals surface area contributed by atoms with Gasteiger partial charge >= 0.3 is 0 Å². The number of aromatic nitrogens is 2. The first-order chi connectivity index (χ1) is 6.74. The number of rotatable bonds is 5. The van der Waals surface area contributed by atoms with Gasteiger partial charge in [-0.25, -0.2) is 0 Å². The van der Waals surface area contributed by atoms with Crippen molar-refractivity contribution in [1.29, 1.82) is 0 Å². The molecule has 0 radical (unpaired) electrons. The summed E-state index contributed by atoms with van der Waals surface area (Å²) in [6, 6.07) is 0.274. The summed E-state index contributed by atoms with van der Waals surface area (Å²) in [6.45, 7) is 5.55. The van der Waals surface area contributed by atoms with Gasteiger partial charge in [0.15, 0.2) is 5.69 Å². The average Bonchev–Trinajstić information content (AvgIpc) is 2.67. The Morgan fingerprint density at radius 3 is 2.93 bits per heavy atom. The fourth-order valence-corrected chi connectivity index (χ4v) is 1.43. The van der Waals surface area contributed by atoms with Crippen LogP contribution in [0.3, 0.4) is 0 Å². The first kappa shape index (κ1) is 14.3. The molecule has 15 heavy (non-hydrogen) atoms. The number of hydrogen-bond acceptors (Lipinski definition) is 5. The molecule has 7 heteroatoms. The molecule has 1 atom stereocenters. The number of nitrogens with one attached hydrogen (secondary N) is 2. The third kappa shape index (κ3) is 5.06. The average molecular weight is 251 g/mol. The molecule has 0 spiro atoms. The van der Waals surface area contributed by atoms with Crippen LogP contribution in [0.4, 0.5) is 0 Å². The summed E-state index contributed by atoms with van der Waals surface area (Å²) in [5.74, 6) is -0.163. The normalized spacial score (nSPS) is 11.6. The molecule has 0 aliphatic carbocycles. The molecule has 2 N–H and O–H groups in total. The van der Waals surface area contributed by atoms with Crippen molar-refractivity contribution in [2.24, 2.45) is 0 Å². The lowest BCUT2D eigenvalue weighted by atomic mass is 10.3. The van der Waals surface area contributed by atoms with Crippen LogP contribution in [0.5, 0.6) is 0 Å². The molecule has 0 aromatic carbocycles. The fourth-order valence-electron chi connectivity index (χ4n) is 1.02. The van der Waals surface area contributed by atoms with E-state index >= 15 is 0 Å². The Balaban J connectivity index is 0.00000196. The highest BCUT2D eigenvalue weighted by atomic mass is 35.5. The molecule has 5 nitrogen and oxygen atoms in total. The van der Waals surface area contributed by atoms with Crippen LogP contribution in [0.1, 0.15) is 24.3 Å². The molecule has 1 rings (SSSR count). The van der Waals surface area contributed by atoms with Crippen LogP contribution in [0.25, 0.3) is 0 Å². The largest absolute Gasteiger partial charge is 0.349 e. The minimum absolute atomic E-state index is 0. The fraction of sp³-hybridized carbons (Fsp3) is 0.625. The molecule has 0 saturated carbocycles. The van der Waals surface area contributed by atoms with Crippen molar-refractivity contribution >= 4 is 30.0 Å². The van der Waals surface area contributed by atoms with Gasteiger partial charge in [-0.1, -0.05) is 6.92 Å². The van der Waals surface area contributed by atoms with Gasteiger partial charge < -0.3 is 10.6 Å². The summed E-state index contributed by atoms with van der Waals surface area (Å²) in [5, 5.41) is 5.97. The molecule has 0 saturated heterocycles. The van der Waals surface area contributed by atoms with Gasteiger partial charge in [-0.3, -0.25) is 4.79 Å². The van der Waals surface area contributed by atoms with Crippen molar-refractivity contribution in [3.05, 3.63) is 11.9 Å². The lowest BCUT2D eigenvalue weighted by Crippen LogP contribution is -2.38. The van der Waals surface area contributed by atoms with Crippen molar-refractivity contribution in [2.75, 3.05) is 13.1 Å². The Morgan fingerprint density at radius 2 is 2.40 bits per heavy atom. The minimum atomic E-state index is -0.163. The van der Waals surface area contributed by atoms with Crippen LogP contribution in [0.2, 0.25) is 0 Å². The summed E-state index contributed by atoms with van der Waals surface area (Å²) in [4.78, 5) is 11.4. The number of carbonyl (C=O) groups is 1. The van der Waals surface area contributed by atoms with Gasteiger partial charge in [0.25, 0.3) is 5.91 Å². The summed E-state index contributed by atoms with van der Waals surface area (Å²) < 4.78 is 7.60. The lowest BCUT2D eigenvalue weighted by Gasteiger charge is -2.12. The van der Waals surface area contributed by atoms with E-state index in [0.29, 0.717) is 12.2 Å². The molecule has 0 fully saturated rings. The van der Waals surface area contributed by atoms with Crippen LogP contribution < -0.4 is 10.6 Å². The first-order valence-electron chi connectivity index (χ1n) is 4.53. The number of hydrogen-bond donors (Lipinski definition) is 2. The first-order valence-corrected chi connectivity index (χ1v) is 5.26. The molecule has 1 aromatic heterocycles. The summed E-state index contributed by atoms with van der Waals surface area (Å²) in [6.07, 6.45) is 1.47. The van der Waals surface area contributed by atoms with E-state index in [-0.39, 0.29) is 24.4 Å². The standard InChI is InChI=1S/C8H14N4OS.ClH/c1-3-9-6(2)4-10-8(13)7-5-11-14-12-7;/h5-6,9H,3-4H2,1-2H3,(H,10,13);1H/t6-;/m1./s1. The van der Waals surface area contributed by atoms with E-state index < -0.39 is 0 Å². The van der Waals surface area contributed by atoms with Gasteiger partial charge in [-0.2, -0.15) is 8.75 Å². The smallest absolute Gasteiger partial charge is 0.272 e. The molecule has 1 heterocycles. The third-order valence-corrected chi connectivity index (χ3v) is 2.19. The second-order valence-corrected chi connectivity index (χ2v) is 3.52. The molecule has 0 aliphatic rings. The Kier molecular flexibility index (Phi) is 7.19. The van der Waals surface area contributed by atoms with Crippen LogP contribution >= 0.6 is 24.1 Å². The van der Waals surface area contributed by atoms with Crippen molar-refractivity contribution in [3.8, 4) is 0 Å². The Labute approximate surface area is 99.4 Å². The van der Waals surface area contributed by atoms with E-state index in [4.69, 9.17) is 0 Å². The highest BCUT2D eigenvalue weighted by Gasteiger charge is 2.08. The minimum Gasteiger partial charge on any atom is -0.349 e. The Bertz CT molecular complexity index is 280. The molecule has 1 aromatic rings. The summed E-state index contributed by atoms with van der Waals surface area (Å²) in [5.41, 5.74) is 0.388. The van der Waals surface area contributed by atoms with Crippen LogP contribution in [0.15, 0.2) is 6.20 Å². The van der Waals surface area contributed by atoms with E-state index in [2.05, 4.69) is 19.4 Å². The van der Waals surface area contributed by atoms with Gasteiger partial charge in [0, 0.05) is 12.6 Å². The van der Waals surface area contributed by atoms with Gasteiger partial charge in [-0.15, -0.1) is 12.4 Å². The predicted molar refractivity (Wildman–Crippen MR) is 62.6 cm³/mol. The van der Waals surface area contributed by atoms with Crippen molar-refractivity contribution in [1.82, 2.24) is 19.4 Å². The number of amides is 1. The lowest BCUT2D eigenvalue weighted by molar-refractivity contribution is 0.0946. The maximum Gasteiger partial charge on any atom is 0.272 e. The number of nitrogens with zero attached hydrogens (tertiary/aromatic N) is 2. The predicted octanol–water partition coefficient (Wildman–Crippen LogP) is 0.688. The molecule has 86 valence electrons. The summed E-state index contributed by atoms with van der Waals surface area (Å²) >= 11 is 1.04. The van der Waals surface area contributed by atoms with Crippen LogP contribution in [0, 0.1) is 0 Å². The highest BCUT2D eigenvalue weighted by Crippen LogP contribution is 1.94. The van der Waals surface area contributed by atoms with Crippen LogP contribution in [-0.2, 0) is 0 Å². The number of likely N-dealkylation sites (N-methyl/N-ethyl adjacent to an activating group) is 1. The Morgan fingerprint density at radius 1 is 1.67 bits per heavy atom. The van der Waals surface area contributed by atoms with Crippen LogP contribution in [-0.4, -0.2) is 33.8 Å². The second-order valence-electron chi connectivity index (χ2n) is 2.96. The Hall–Kier alpha value is -0.720. The molecule has 0 aliphatic heterocycles. The van der Waals surface area contributed by atoms with E-state index in [1.54, 1.807) is 0 Å². The zero-order valence-electron chi connectivity index (χ0n) is 8.69. The van der Waals surface area contributed by atoms with Gasteiger partial charge in [0.05, 0.1) is 17.9 Å². The monoisotopic (exact) mass is 250 g/mol. The van der Waals surface area contributed by atoms with Gasteiger partial charge in [0.2, 0.25) is 0 Å². The zero-order chi connectivity index (χ0) is 10.4. The molecule has 1 amide bonds. The zero-order valence-corrected chi connectivity index (χ0v) is 10.3. The third-order valence-electron chi connectivity index (χ3n) is 1.72. The van der Waals surface area contributed by atoms with Crippen molar-refractivity contribution in [2.45, 2.75) is 19.9 Å². The van der Waals surface area contributed by atoms with E-state index in [1.165, 1.54) is 6.20 Å². The maximum absolute atomic E-state index is 11.4. The number of halogens is 1. The topological polar surface area (TPSA) is 66.9 Å². The van der Waals surface area contributed by atoms with Gasteiger partial charge in [-0.05, 0) is 13.5 Å². The SMILES string of the molecule is CCN[C@H](C)CNC(=O)c1cnsn1.Cl. The molecule has 0 unspecified atom stereocenters. The van der Waals surface area contributed by atoms with E-state index in [9.17, 15) is 4.79 Å². The summed E-state index contributed by atoms with van der Waals surface area (Å²) in [7, 11) is 0. The van der Waals surface area contributed by atoms with Crippen molar-refractivity contribution in [3.63, 3.8) is 0 Å².